The number of methoxy groups -OCH3 is 1. The van der Waals surface area contributed by atoms with E-state index in [4.69, 9.17) is 9.47 Å². The van der Waals surface area contributed by atoms with Gasteiger partial charge in [-0.25, -0.2) is 0 Å². The third kappa shape index (κ3) is 5.30. The Kier molecular flexibility index (Phi) is 7.63. The van der Waals surface area contributed by atoms with Gasteiger partial charge in [-0.15, -0.1) is 0 Å². The first kappa shape index (κ1) is 27.6. The van der Waals surface area contributed by atoms with E-state index >= 15 is 0 Å². The average molecular weight is 528 g/mol. The topological polar surface area (TPSA) is 93.1 Å². The summed E-state index contributed by atoms with van der Waals surface area (Å²) in [6.45, 7) is 11.0. The molecule has 0 aliphatic carbocycles. The van der Waals surface area contributed by atoms with Crippen LogP contribution in [0.5, 0.6) is 11.5 Å². The van der Waals surface area contributed by atoms with E-state index in [9.17, 15) is 19.5 Å². The summed E-state index contributed by atoms with van der Waals surface area (Å²) < 4.78 is 10.8. The number of carbonyl (C=O) groups excluding carboxylic acids is 3. The maximum Gasteiger partial charge on any atom is 0.308 e. The molecule has 1 unspecified atom stereocenters. The molecule has 3 aromatic rings. The van der Waals surface area contributed by atoms with Crippen molar-refractivity contribution in [3.05, 3.63) is 93.6 Å². The highest BCUT2D eigenvalue weighted by Gasteiger charge is 2.47. The minimum atomic E-state index is -0.953. The Morgan fingerprint density at radius 3 is 2.23 bits per heavy atom. The minimum Gasteiger partial charge on any atom is -0.507 e. The lowest BCUT2D eigenvalue weighted by molar-refractivity contribution is -0.132. The van der Waals surface area contributed by atoms with Crippen LogP contribution in [0.15, 0.2) is 60.2 Å². The van der Waals surface area contributed by atoms with Crippen molar-refractivity contribution in [1.82, 2.24) is 0 Å². The number of esters is 1. The number of hydrogen-bond donors (Lipinski definition) is 1. The van der Waals surface area contributed by atoms with Crippen LogP contribution in [-0.4, -0.2) is 29.9 Å². The molecule has 1 fully saturated rings. The van der Waals surface area contributed by atoms with Gasteiger partial charge in [-0.3, -0.25) is 19.3 Å². The van der Waals surface area contributed by atoms with Gasteiger partial charge in [0, 0.05) is 18.2 Å². The molecule has 1 atom stereocenters. The number of carbonyl (C=O) groups is 3. The van der Waals surface area contributed by atoms with Crippen molar-refractivity contribution in [2.45, 2.75) is 53.5 Å². The summed E-state index contributed by atoms with van der Waals surface area (Å²) >= 11 is 0. The predicted octanol–water partition coefficient (Wildman–Crippen LogP) is 6.30. The summed E-state index contributed by atoms with van der Waals surface area (Å²) in [5.41, 5.74) is 4.86. The van der Waals surface area contributed by atoms with Crippen molar-refractivity contribution in [1.29, 1.82) is 0 Å². The van der Waals surface area contributed by atoms with Crippen molar-refractivity contribution < 1.29 is 29.0 Å². The first-order valence-corrected chi connectivity index (χ1v) is 12.8. The number of nitrogens with zero attached hydrogens (tertiary/aromatic N) is 1. The number of aliphatic hydroxyl groups is 1. The smallest absolute Gasteiger partial charge is 0.308 e. The maximum atomic E-state index is 13.7. The van der Waals surface area contributed by atoms with Crippen LogP contribution in [0.3, 0.4) is 0 Å². The fourth-order valence-corrected chi connectivity index (χ4v) is 5.14. The second-order valence-corrected chi connectivity index (χ2v) is 10.2. The number of ether oxygens (including phenoxy) is 2. The van der Waals surface area contributed by atoms with Crippen molar-refractivity contribution in [3.8, 4) is 11.5 Å². The monoisotopic (exact) mass is 527 g/mol. The molecule has 1 aliphatic heterocycles. The van der Waals surface area contributed by atoms with Crippen LogP contribution < -0.4 is 14.4 Å². The van der Waals surface area contributed by atoms with Crippen molar-refractivity contribution >= 4 is 29.1 Å². The molecule has 0 aromatic heterocycles. The molecule has 0 saturated carbocycles. The van der Waals surface area contributed by atoms with Crippen LogP contribution >= 0.6 is 0 Å². The molecule has 0 radical (unpaired) electrons. The van der Waals surface area contributed by atoms with Crippen LogP contribution in [-0.2, 0) is 14.4 Å². The van der Waals surface area contributed by atoms with Crippen molar-refractivity contribution in [2.24, 2.45) is 0 Å². The van der Waals surface area contributed by atoms with E-state index in [1.54, 1.807) is 31.4 Å². The number of ketones is 1. The molecule has 7 heteroatoms. The van der Waals surface area contributed by atoms with Crippen LogP contribution in [0.1, 0.15) is 66.1 Å². The minimum absolute atomic E-state index is 0.0397. The summed E-state index contributed by atoms with van der Waals surface area (Å²) in [5.74, 6) is -1.28. The van der Waals surface area contributed by atoms with Gasteiger partial charge < -0.3 is 14.6 Å². The largest absolute Gasteiger partial charge is 0.507 e. The van der Waals surface area contributed by atoms with Gasteiger partial charge in [0.2, 0.25) is 0 Å². The molecule has 1 aliphatic rings. The maximum absolute atomic E-state index is 13.7. The Bertz CT molecular complexity index is 1500. The molecule has 1 amide bonds. The Morgan fingerprint density at radius 2 is 1.64 bits per heavy atom. The molecule has 0 spiro atoms. The van der Waals surface area contributed by atoms with E-state index < -0.39 is 23.7 Å². The van der Waals surface area contributed by atoms with Gasteiger partial charge in [0.15, 0.2) is 0 Å². The number of aryl methyl sites for hydroxylation is 3. The standard InChI is InChI=1S/C32H33NO6/c1-17(2)25-16-26(20(5)14-27(25)38-7)30(35)28-29(22-9-8-10-24(15-22)39-21(6)34)33(32(37)31(28)36)23-12-18(3)11-19(4)13-23/h8-17,29,35H,1-7H3/b30-28+. The molecule has 3 aromatic carbocycles. The lowest BCUT2D eigenvalue weighted by Gasteiger charge is -2.26. The Balaban J connectivity index is 2.01. The van der Waals surface area contributed by atoms with Gasteiger partial charge in [0.05, 0.1) is 18.7 Å². The van der Waals surface area contributed by atoms with E-state index in [1.807, 2.05) is 65.0 Å². The summed E-state index contributed by atoms with van der Waals surface area (Å²) in [7, 11) is 1.59. The van der Waals surface area contributed by atoms with E-state index in [0.29, 0.717) is 28.1 Å². The summed E-state index contributed by atoms with van der Waals surface area (Å²) in [4.78, 5) is 40.3. The van der Waals surface area contributed by atoms with Gasteiger partial charge in [-0.05, 0) is 90.9 Å². The van der Waals surface area contributed by atoms with Crippen LogP contribution in [0.2, 0.25) is 0 Å². The molecule has 7 nitrogen and oxygen atoms in total. The Labute approximate surface area is 228 Å². The number of hydrogen-bond acceptors (Lipinski definition) is 6. The molecular weight excluding hydrogens is 494 g/mol. The van der Waals surface area contributed by atoms with E-state index in [-0.39, 0.29) is 23.0 Å². The third-order valence-electron chi connectivity index (χ3n) is 6.82. The highest BCUT2D eigenvalue weighted by Crippen LogP contribution is 2.44. The van der Waals surface area contributed by atoms with Crippen LogP contribution in [0.4, 0.5) is 5.69 Å². The SMILES string of the molecule is COc1cc(C)c(/C(O)=C2\C(=O)C(=O)N(c3cc(C)cc(C)c3)C2c2cccc(OC(C)=O)c2)cc1C(C)C. The average Bonchev–Trinajstić information content (AvgIpc) is 3.12. The van der Waals surface area contributed by atoms with Crippen molar-refractivity contribution in [2.75, 3.05) is 12.0 Å². The van der Waals surface area contributed by atoms with Crippen LogP contribution in [0, 0.1) is 20.8 Å². The van der Waals surface area contributed by atoms with Gasteiger partial charge >= 0.3 is 5.97 Å². The second kappa shape index (κ2) is 10.8. The molecule has 4 rings (SSSR count). The highest BCUT2D eigenvalue weighted by molar-refractivity contribution is 6.51. The number of anilines is 1. The van der Waals surface area contributed by atoms with Crippen molar-refractivity contribution in [3.63, 3.8) is 0 Å². The summed E-state index contributed by atoms with van der Waals surface area (Å²) in [5, 5.41) is 11.7. The zero-order chi connectivity index (χ0) is 28.6. The van der Waals surface area contributed by atoms with Gasteiger partial charge in [-0.1, -0.05) is 32.0 Å². The first-order valence-electron chi connectivity index (χ1n) is 12.8. The number of amides is 1. The zero-order valence-corrected chi connectivity index (χ0v) is 23.3. The molecular formula is C32H33NO6. The Hall–Kier alpha value is -4.39. The predicted molar refractivity (Wildman–Crippen MR) is 150 cm³/mol. The lowest BCUT2D eigenvalue weighted by atomic mass is 9.91. The van der Waals surface area contributed by atoms with Gasteiger partial charge in [0.1, 0.15) is 17.3 Å². The molecule has 1 heterocycles. The fourth-order valence-electron chi connectivity index (χ4n) is 5.14. The van der Waals surface area contributed by atoms with Gasteiger partial charge in [-0.2, -0.15) is 0 Å². The fraction of sp³-hybridized carbons (Fsp3) is 0.281. The first-order chi connectivity index (χ1) is 18.4. The highest BCUT2D eigenvalue weighted by atomic mass is 16.5. The third-order valence-corrected chi connectivity index (χ3v) is 6.82. The quantitative estimate of drug-likeness (QED) is 0.133. The second-order valence-electron chi connectivity index (χ2n) is 10.2. The number of Topliss-reactive ketones (excluding diaryl/α,β-unsaturated/α-hetero) is 1. The number of aliphatic hydroxyl groups excluding tert-OH is 1. The molecule has 1 N–H and O–H groups in total. The molecule has 1 saturated heterocycles. The van der Waals surface area contributed by atoms with E-state index in [0.717, 1.165) is 16.7 Å². The summed E-state index contributed by atoms with van der Waals surface area (Å²) in [6, 6.07) is 15.0. The normalized spacial score (nSPS) is 16.6. The number of rotatable bonds is 6. The lowest BCUT2D eigenvalue weighted by Crippen LogP contribution is -2.29. The van der Waals surface area contributed by atoms with Gasteiger partial charge in [0.25, 0.3) is 11.7 Å². The summed E-state index contributed by atoms with van der Waals surface area (Å²) in [6.07, 6.45) is 0. The molecule has 39 heavy (non-hydrogen) atoms. The van der Waals surface area contributed by atoms with E-state index in [1.165, 1.54) is 11.8 Å². The zero-order valence-electron chi connectivity index (χ0n) is 23.3. The molecule has 0 bridgehead atoms. The Morgan fingerprint density at radius 1 is 0.974 bits per heavy atom. The van der Waals surface area contributed by atoms with E-state index in [2.05, 4.69) is 0 Å². The van der Waals surface area contributed by atoms with Crippen LogP contribution in [0.25, 0.3) is 5.76 Å². The number of benzene rings is 3. The molecule has 202 valence electrons.